The quantitative estimate of drug-likeness (QED) is 0.596. The van der Waals surface area contributed by atoms with Crippen LogP contribution >= 0.6 is 12.2 Å². The van der Waals surface area contributed by atoms with E-state index in [-0.39, 0.29) is 6.67 Å². The Kier molecular flexibility index (Phi) is 2.57. The van der Waals surface area contributed by atoms with E-state index in [1.807, 2.05) is 12.1 Å². The Balaban J connectivity index is 2.92. The number of rotatable bonds is 2. The Morgan fingerprint density at radius 2 is 2.30 bits per heavy atom. The van der Waals surface area contributed by atoms with Crippen molar-refractivity contribution in [3.8, 4) is 0 Å². The third-order valence-corrected chi connectivity index (χ3v) is 1.60. The van der Waals surface area contributed by atoms with Gasteiger partial charge in [0.05, 0.1) is 6.54 Å². The summed E-state index contributed by atoms with van der Waals surface area (Å²) in [4.78, 5) is 0. The van der Waals surface area contributed by atoms with Gasteiger partial charge in [0.25, 0.3) is 0 Å². The standard InChI is InChI=1S/C7H8FNS/c8-4-6-9-5-2-1-3-7(9)10/h1-3,5H,4,6H2. The summed E-state index contributed by atoms with van der Waals surface area (Å²) < 4.78 is 14.2. The number of halogens is 1. The van der Waals surface area contributed by atoms with Gasteiger partial charge in [0, 0.05) is 6.20 Å². The van der Waals surface area contributed by atoms with Gasteiger partial charge in [0.1, 0.15) is 11.3 Å². The van der Waals surface area contributed by atoms with Crippen molar-refractivity contribution in [1.82, 2.24) is 4.57 Å². The second kappa shape index (κ2) is 3.46. The van der Waals surface area contributed by atoms with Gasteiger partial charge in [-0.25, -0.2) is 4.39 Å². The molecule has 0 bridgehead atoms. The smallest absolute Gasteiger partial charge is 0.107 e. The Morgan fingerprint density at radius 3 is 2.90 bits per heavy atom. The van der Waals surface area contributed by atoms with Crippen molar-refractivity contribution < 1.29 is 4.39 Å². The predicted octanol–water partition coefficient (Wildman–Crippen LogP) is 2.19. The van der Waals surface area contributed by atoms with Crippen molar-refractivity contribution in [2.75, 3.05) is 6.67 Å². The van der Waals surface area contributed by atoms with Gasteiger partial charge in [-0.2, -0.15) is 0 Å². The van der Waals surface area contributed by atoms with Gasteiger partial charge in [-0.3, -0.25) is 0 Å². The number of hydrogen-bond acceptors (Lipinski definition) is 1. The highest BCUT2D eigenvalue weighted by Gasteiger charge is 1.86. The lowest BCUT2D eigenvalue weighted by atomic mass is 10.5. The van der Waals surface area contributed by atoms with E-state index in [0.717, 1.165) is 0 Å². The molecule has 0 aliphatic carbocycles. The summed E-state index contributed by atoms with van der Waals surface area (Å²) in [5.74, 6) is 0. The maximum atomic E-state index is 11.8. The van der Waals surface area contributed by atoms with Crippen LogP contribution in [-0.4, -0.2) is 11.2 Å². The number of aromatic nitrogens is 1. The number of alkyl halides is 1. The summed E-state index contributed by atoms with van der Waals surface area (Å²) in [6.45, 7) is -0.00199. The fourth-order valence-corrected chi connectivity index (χ4v) is 0.967. The summed E-state index contributed by atoms with van der Waals surface area (Å²) >= 11 is 4.91. The number of nitrogens with zero attached hydrogens (tertiary/aromatic N) is 1. The summed E-state index contributed by atoms with van der Waals surface area (Å²) in [6, 6.07) is 5.47. The fourth-order valence-electron chi connectivity index (χ4n) is 0.736. The van der Waals surface area contributed by atoms with Gasteiger partial charge in [-0.15, -0.1) is 0 Å². The fraction of sp³-hybridized carbons (Fsp3) is 0.286. The lowest BCUT2D eigenvalue weighted by Gasteiger charge is -2.00. The largest absolute Gasteiger partial charge is 0.337 e. The minimum Gasteiger partial charge on any atom is -0.337 e. The van der Waals surface area contributed by atoms with Crippen LogP contribution < -0.4 is 0 Å². The zero-order valence-corrected chi connectivity index (χ0v) is 6.27. The molecule has 1 nitrogen and oxygen atoms in total. The first-order chi connectivity index (χ1) is 4.84. The topological polar surface area (TPSA) is 4.93 Å². The highest BCUT2D eigenvalue weighted by atomic mass is 32.1. The lowest BCUT2D eigenvalue weighted by Crippen LogP contribution is -1.99. The van der Waals surface area contributed by atoms with Crippen LogP contribution in [0.4, 0.5) is 4.39 Å². The van der Waals surface area contributed by atoms with Gasteiger partial charge >= 0.3 is 0 Å². The van der Waals surface area contributed by atoms with E-state index in [1.54, 1.807) is 16.8 Å². The zero-order chi connectivity index (χ0) is 7.40. The Bertz CT molecular complexity index is 256. The molecule has 0 aromatic carbocycles. The van der Waals surface area contributed by atoms with Crippen molar-refractivity contribution in [2.24, 2.45) is 0 Å². The molecule has 0 atom stereocenters. The van der Waals surface area contributed by atoms with E-state index in [2.05, 4.69) is 0 Å². The molecule has 0 unspecified atom stereocenters. The molecular formula is C7H8FNS. The van der Waals surface area contributed by atoms with Crippen LogP contribution in [0.15, 0.2) is 24.4 Å². The summed E-state index contributed by atoms with van der Waals surface area (Å²) in [5, 5.41) is 0. The van der Waals surface area contributed by atoms with Crippen molar-refractivity contribution in [1.29, 1.82) is 0 Å². The Labute approximate surface area is 64.1 Å². The van der Waals surface area contributed by atoms with E-state index in [0.29, 0.717) is 11.2 Å². The third kappa shape index (κ3) is 1.64. The molecule has 0 N–H and O–H groups in total. The molecule has 3 heteroatoms. The molecule has 54 valence electrons. The van der Waals surface area contributed by atoms with Crippen LogP contribution in [0.1, 0.15) is 0 Å². The van der Waals surface area contributed by atoms with Crippen molar-refractivity contribution in [2.45, 2.75) is 6.54 Å². The SMILES string of the molecule is FCCn1ccccc1=S. The average molecular weight is 157 g/mol. The van der Waals surface area contributed by atoms with Crippen LogP contribution in [-0.2, 0) is 6.54 Å². The summed E-state index contributed by atoms with van der Waals surface area (Å²) in [6.07, 6.45) is 1.78. The maximum Gasteiger partial charge on any atom is 0.107 e. The molecule has 0 radical (unpaired) electrons. The van der Waals surface area contributed by atoms with Crippen LogP contribution in [0.5, 0.6) is 0 Å². The molecule has 1 aromatic rings. The average Bonchev–Trinajstić information content (AvgIpc) is 1.94. The molecule has 1 heterocycles. The molecule has 1 rings (SSSR count). The first kappa shape index (κ1) is 7.41. The molecule has 0 saturated heterocycles. The molecule has 0 spiro atoms. The van der Waals surface area contributed by atoms with E-state index < -0.39 is 0 Å². The van der Waals surface area contributed by atoms with Crippen LogP contribution in [0, 0.1) is 4.64 Å². The predicted molar refractivity (Wildman–Crippen MR) is 41.2 cm³/mol. The molecule has 0 saturated carbocycles. The third-order valence-electron chi connectivity index (χ3n) is 1.22. The molecular weight excluding hydrogens is 149 g/mol. The number of aryl methyl sites for hydroxylation is 1. The minimum absolute atomic E-state index is 0.361. The van der Waals surface area contributed by atoms with Crippen LogP contribution in [0.2, 0.25) is 0 Å². The molecule has 0 fully saturated rings. The highest BCUT2D eigenvalue weighted by molar-refractivity contribution is 7.71. The molecule has 1 aromatic heterocycles. The van der Waals surface area contributed by atoms with Crippen molar-refractivity contribution in [3.05, 3.63) is 29.0 Å². The number of pyridine rings is 1. The van der Waals surface area contributed by atoms with Gasteiger partial charge in [-0.05, 0) is 12.1 Å². The zero-order valence-electron chi connectivity index (χ0n) is 5.46. The second-order valence-electron chi connectivity index (χ2n) is 1.92. The van der Waals surface area contributed by atoms with Gasteiger partial charge in [0.15, 0.2) is 0 Å². The lowest BCUT2D eigenvalue weighted by molar-refractivity contribution is 0.443. The van der Waals surface area contributed by atoms with Crippen molar-refractivity contribution >= 4 is 12.2 Å². The van der Waals surface area contributed by atoms with Gasteiger partial charge in [0.2, 0.25) is 0 Å². The van der Waals surface area contributed by atoms with Gasteiger partial charge < -0.3 is 4.57 Å². The van der Waals surface area contributed by atoms with Gasteiger partial charge in [-0.1, -0.05) is 18.3 Å². The second-order valence-corrected chi connectivity index (χ2v) is 2.34. The minimum atomic E-state index is -0.363. The van der Waals surface area contributed by atoms with E-state index >= 15 is 0 Å². The van der Waals surface area contributed by atoms with Crippen LogP contribution in [0.3, 0.4) is 0 Å². The first-order valence-corrected chi connectivity index (χ1v) is 3.47. The molecule has 0 aliphatic rings. The normalized spacial score (nSPS) is 9.70. The summed E-state index contributed by atoms with van der Waals surface area (Å²) in [5.41, 5.74) is 0. The van der Waals surface area contributed by atoms with Crippen molar-refractivity contribution in [3.63, 3.8) is 0 Å². The first-order valence-electron chi connectivity index (χ1n) is 3.06. The van der Waals surface area contributed by atoms with E-state index in [9.17, 15) is 4.39 Å². The van der Waals surface area contributed by atoms with E-state index in [1.165, 1.54) is 0 Å². The number of hydrogen-bond donors (Lipinski definition) is 0. The molecule has 0 aliphatic heterocycles. The molecule has 0 amide bonds. The maximum absolute atomic E-state index is 11.8. The monoisotopic (exact) mass is 157 g/mol. The highest BCUT2D eigenvalue weighted by Crippen LogP contribution is 1.92. The van der Waals surface area contributed by atoms with Crippen LogP contribution in [0.25, 0.3) is 0 Å². The Morgan fingerprint density at radius 1 is 1.50 bits per heavy atom. The summed E-state index contributed by atoms with van der Waals surface area (Å²) in [7, 11) is 0. The molecule has 10 heavy (non-hydrogen) atoms. The Hall–Kier alpha value is -0.700. The van der Waals surface area contributed by atoms with E-state index in [4.69, 9.17) is 12.2 Å².